The number of amides is 1. The number of nitrogens with zero attached hydrogens (tertiary/aromatic N) is 1. The van der Waals surface area contributed by atoms with Crippen molar-refractivity contribution in [3.05, 3.63) is 72.5 Å². The molecule has 0 fully saturated rings. The molecule has 0 bridgehead atoms. The summed E-state index contributed by atoms with van der Waals surface area (Å²) in [6, 6.07) is 11.5. The number of benzene rings is 1. The van der Waals surface area contributed by atoms with Crippen molar-refractivity contribution in [2.75, 3.05) is 7.11 Å². The van der Waals surface area contributed by atoms with E-state index in [2.05, 4.69) is 5.32 Å². The molecule has 2 heterocycles. The van der Waals surface area contributed by atoms with Gasteiger partial charge in [-0.15, -0.1) is 11.3 Å². The Morgan fingerprint density at radius 3 is 2.76 bits per heavy atom. The van der Waals surface area contributed by atoms with Crippen LogP contribution in [0.5, 0.6) is 5.75 Å². The number of carbonyl (C=O) groups excluding carboxylic acids is 1. The molecule has 130 valence electrons. The van der Waals surface area contributed by atoms with Gasteiger partial charge in [-0.3, -0.25) is 14.2 Å². The molecule has 0 aliphatic rings. The third-order valence-electron chi connectivity index (χ3n) is 3.87. The molecule has 25 heavy (non-hydrogen) atoms. The highest BCUT2D eigenvalue weighted by molar-refractivity contribution is 7.11. The van der Waals surface area contributed by atoms with E-state index in [-0.39, 0.29) is 10.8 Å². The van der Waals surface area contributed by atoms with Gasteiger partial charge in [-0.2, -0.15) is 0 Å². The molecule has 0 saturated carbocycles. The van der Waals surface area contributed by atoms with E-state index in [0.29, 0.717) is 23.7 Å². The summed E-state index contributed by atoms with van der Waals surface area (Å²) in [7, 11) is 1.60. The Balaban J connectivity index is 1.80. The lowest BCUT2D eigenvalue weighted by molar-refractivity contribution is 0.0954. The molecule has 0 aliphatic carbocycles. The van der Waals surface area contributed by atoms with Gasteiger partial charge in [0.1, 0.15) is 10.6 Å². The summed E-state index contributed by atoms with van der Waals surface area (Å²) in [5.74, 6) is 0.510. The van der Waals surface area contributed by atoms with E-state index in [0.717, 1.165) is 27.5 Å². The lowest BCUT2D eigenvalue weighted by Crippen LogP contribution is -2.22. The predicted octanol–water partition coefficient (Wildman–Crippen LogP) is 3.27. The van der Waals surface area contributed by atoms with Crippen LogP contribution in [0.15, 0.2) is 46.6 Å². The second-order valence-corrected chi connectivity index (χ2v) is 7.44. The van der Waals surface area contributed by atoms with Crippen molar-refractivity contribution in [1.29, 1.82) is 0 Å². The molecule has 1 aromatic carbocycles. The van der Waals surface area contributed by atoms with Crippen molar-refractivity contribution in [2.24, 2.45) is 0 Å². The van der Waals surface area contributed by atoms with Gasteiger partial charge in [0, 0.05) is 16.1 Å². The van der Waals surface area contributed by atoms with Crippen LogP contribution in [0.4, 0.5) is 0 Å². The number of aromatic nitrogens is 1. The van der Waals surface area contributed by atoms with E-state index in [1.54, 1.807) is 29.9 Å². The Morgan fingerprint density at radius 2 is 2.04 bits per heavy atom. The van der Waals surface area contributed by atoms with Gasteiger partial charge < -0.3 is 10.1 Å². The maximum Gasteiger partial charge on any atom is 0.308 e. The normalized spacial score (nSPS) is 10.6. The van der Waals surface area contributed by atoms with E-state index < -0.39 is 0 Å². The molecule has 2 aromatic heterocycles. The van der Waals surface area contributed by atoms with Gasteiger partial charge >= 0.3 is 4.87 Å². The summed E-state index contributed by atoms with van der Waals surface area (Å²) in [6.07, 6.45) is 0. The van der Waals surface area contributed by atoms with Gasteiger partial charge in [0.15, 0.2) is 0 Å². The van der Waals surface area contributed by atoms with Gasteiger partial charge in [-0.05, 0) is 24.4 Å². The molecule has 0 unspecified atom stereocenters. The van der Waals surface area contributed by atoms with Crippen LogP contribution >= 0.6 is 22.7 Å². The van der Waals surface area contributed by atoms with E-state index >= 15 is 0 Å². The first kappa shape index (κ1) is 17.4. The second-order valence-electron chi connectivity index (χ2n) is 5.44. The average molecular weight is 374 g/mol. The van der Waals surface area contributed by atoms with Crippen LogP contribution in [0.1, 0.15) is 25.8 Å². The third-order valence-corrected chi connectivity index (χ3v) is 5.83. The highest BCUT2D eigenvalue weighted by Gasteiger charge is 2.18. The molecule has 0 saturated heterocycles. The monoisotopic (exact) mass is 374 g/mol. The van der Waals surface area contributed by atoms with E-state index in [1.165, 1.54) is 0 Å². The topological polar surface area (TPSA) is 60.3 Å². The summed E-state index contributed by atoms with van der Waals surface area (Å²) in [6.45, 7) is 2.64. The zero-order chi connectivity index (χ0) is 17.8. The number of rotatable bonds is 6. The van der Waals surface area contributed by atoms with Crippen molar-refractivity contribution in [1.82, 2.24) is 9.88 Å². The van der Waals surface area contributed by atoms with Gasteiger partial charge in [-0.1, -0.05) is 35.6 Å². The maximum absolute atomic E-state index is 12.4. The van der Waals surface area contributed by atoms with Crippen molar-refractivity contribution >= 4 is 28.6 Å². The molecule has 1 N–H and O–H groups in total. The van der Waals surface area contributed by atoms with E-state index in [1.807, 2.05) is 41.8 Å². The Kier molecular flexibility index (Phi) is 5.35. The molecule has 0 spiro atoms. The summed E-state index contributed by atoms with van der Waals surface area (Å²) < 4.78 is 6.96. The predicted molar refractivity (Wildman–Crippen MR) is 101 cm³/mol. The first-order valence-corrected chi connectivity index (χ1v) is 9.42. The summed E-state index contributed by atoms with van der Waals surface area (Å²) in [4.78, 5) is 26.2. The minimum Gasteiger partial charge on any atom is -0.496 e. The average Bonchev–Trinajstić information content (AvgIpc) is 3.23. The number of carbonyl (C=O) groups is 1. The number of thiazole rings is 1. The number of ether oxygens (including phenoxy) is 1. The lowest BCUT2D eigenvalue weighted by Gasteiger charge is -2.10. The summed E-state index contributed by atoms with van der Waals surface area (Å²) in [5.41, 5.74) is 1.57. The summed E-state index contributed by atoms with van der Waals surface area (Å²) >= 11 is 2.56. The van der Waals surface area contributed by atoms with E-state index in [4.69, 9.17) is 4.74 Å². The minimum atomic E-state index is -0.216. The van der Waals surface area contributed by atoms with Crippen molar-refractivity contribution in [2.45, 2.75) is 20.0 Å². The SMILES string of the molecule is COc1ccccc1Cn1c(C)c(C(=O)NCc2cccs2)sc1=O. The van der Waals surface area contributed by atoms with Crippen LogP contribution in [-0.2, 0) is 13.1 Å². The first-order valence-electron chi connectivity index (χ1n) is 7.73. The highest BCUT2D eigenvalue weighted by atomic mass is 32.1. The molecule has 3 rings (SSSR count). The molecule has 0 radical (unpaired) electrons. The highest BCUT2D eigenvalue weighted by Crippen LogP contribution is 2.20. The van der Waals surface area contributed by atoms with Crippen molar-refractivity contribution < 1.29 is 9.53 Å². The molecule has 5 nitrogen and oxygen atoms in total. The standard InChI is InChI=1S/C18H18N2O3S2/c1-12-16(17(21)19-10-14-7-5-9-24-14)25-18(22)20(12)11-13-6-3-4-8-15(13)23-2/h3-9H,10-11H2,1-2H3,(H,19,21). The third kappa shape index (κ3) is 3.83. The number of hydrogen-bond donors (Lipinski definition) is 1. The zero-order valence-corrected chi connectivity index (χ0v) is 15.6. The van der Waals surface area contributed by atoms with Crippen LogP contribution < -0.4 is 14.9 Å². The van der Waals surface area contributed by atoms with Gasteiger partial charge in [-0.25, -0.2) is 0 Å². The van der Waals surface area contributed by atoms with Gasteiger partial charge in [0.05, 0.1) is 20.2 Å². The molecule has 0 atom stereocenters. The van der Waals surface area contributed by atoms with Crippen LogP contribution in [0, 0.1) is 6.92 Å². The Bertz CT molecular complexity index is 926. The van der Waals surface area contributed by atoms with Crippen LogP contribution in [-0.4, -0.2) is 17.6 Å². The number of hydrogen-bond acceptors (Lipinski definition) is 5. The first-order chi connectivity index (χ1) is 12.1. The van der Waals surface area contributed by atoms with Crippen LogP contribution in [0.3, 0.4) is 0 Å². The Labute approximate surface area is 153 Å². The molecule has 0 aliphatic heterocycles. The molecule has 3 aromatic rings. The van der Waals surface area contributed by atoms with Gasteiger partial charge in [0.25, 0.3) is 5.91 Å². The molecular weight excluding hydrogens is 356 g/mol. The number of thiophene rings is 1. The largest absolute Gasteiger partial charge is 0.496 e. The van der Waals surface area contributed by atoms with Crippen molar-refractivity contribution in [3.8, 4) is 5.75 Å². The molecular formula is C18H18N2O3S2. The number of nitrogens with one attached hydrogen (secondary N) is 1. The van der Waals surface area contributed by atoms with Crippen molar-refractivity contribution in [3.63, 3.8) is 0 Å². The zero-order valence-electron chi connectivity index (χ0n) is 13.9. The fraction of sp³-hybridized carbons (Fsp3) is 0.222. The second kappa shape index (κ2) is 7.67. The molecule has 1 amide bonds. The minimum absolute atomic E-state index is 0.148. The maximum atomic E-state index is 12.4. The lowest BCUT2D eigenvalue weighted by atomic mass is 10.2. The fourth-order valence-corrected chi connectivity index (χ4v) is 4.09. The Hall–Kier alpha value is -2.38. The summed E-state index contributed by atoms with van der Waals surface area (Å²) in [5, 5.41) is 4.84. The molecule has 7 heteroatoms. The smallest absolute Gasteiger partial charge is 0.308 e. The van der Waals surface area contributed by atoms with Gasteiger partial charge in [0.2, 0.25) is 0 Å². The fourth-order valence-electron chi connectivity index (χ4n) is 2.53. The number of methoxy groups -OCH3 is 1. The van der Waals surface area contributed by atoms with E-state index in [9.17, 15) is 9.59 Å². The number of para-hydroxylation sites is 1. The quantitative estimate of drug-likeness (QED) is 0.720. The van der Waals surface area contributed by atoms with Crippen LogP contribution in [0.2, 0.25) is 0 Å². The Morgan fingerprint density at radius 1 is 1.24 bits per heavy atom. The van der Waals surface area contributed by atoms with Crippen LogP contribution in [0.25, 0.3) is 0 Å².